The summed E-state index contributed by atoms with van der Waals surface area (Å²) in [7, 11) is 1.35. The molecule has 37 heavy (non-hydrogen) atoms. The minimum atomic E-state index is -0.992. The van der Waals surface area contributed by atoms with Crippen molar-refractivity contribution < 1.29 is 24.2 Å². The van der Waals surface area contributed by atoms with E-state index in [4.69, 9.17) is 21.3 Å². The molecule has 8 heteroatoms. The van der Waals surface area contributed by atoms with Crippen molar-refractivity contribution in [3.63, 3.8) is 0 Å². The highest BCUT2D eigenvalue weighted by molar-refractivity contribution is 6.05. The van der Waals surface area contributed by atoms with Gasteiger partial charge >= 0.3 is 11.9 Å². The van der Waals surface area contributed by atoms with Gasteiger partial charge < -0.3 is 26.6 Å². The summed E-state index contributed by atoms with van der Waals surface area (Å²) in [4.78, 5) is 35.6. The number of rotatable bonds is 4. The summed E-state index contributed by atoms with van der Waals surface area (Å²) in [6.45, 7) is 0. The Morgan fingerprint density at radius 3 is 1.68 bits per heavy atom. The number of methoxy groups -OCH3 is 1. The Hall–Kier alpha value is -4.59. The summed E-state index contributed by atoms with van der Waals surface area (Å²) in [5.41, 5.74) is 12.0. The van der Waals surface area contributed by atoms with Crippen LogP contribution in [0.25, 0.3) is 21.5 Å². The molecule has 0 saturated heterocycles. The average Bonchev–Trinajstić information content (AvgIpc) is 3.37. The van der Waals surface area contributed by atoms with Gasteiger partial charge in [-0.15, -0.1) is 0 Å². The van der Waals surface area contributed by atoms with Crippen LogP contribution in [0.2, 0.25) is 0 Å². The molecular weight excluding hydrogens is 470 g/mol. The van der Waals surface area contributed by atoms with E-state index >= 15 is 0 Å². The first-order valence-corrected chi connectivity index (χ1v) is 11.9. The molecule has 0 radical (unpaired) electrons. The number of aromatic carboxylic acids is 1. The van der Waals surface area contributed by atoms with Crippen LogP contribution in [0, 0.1) is 0 Å². The van der Waals surface area contributed by atoms with Crippen molar-refractivity contribution in [2.24, 2.45) is 0 Å². The summed E-state index contributed by atoms with van der Waals surface area (Å²) in [5.74, 6) is -1.71. The van der Waals surface area contributed by atoms with Crippen LogP contribution in [0.5, 0.6) is 0 Å². The van der Waals surface area contributed by atoms with Crippen molar-refractivity contribution in [3.8, 4) is 0 Å². The number of benzene rings is 4. The van der Waals surface area contributed by atoms with Crippen molar-refractivity contribution in [1.82, 2.24) is 5.32 Å². The molecule has 0 bridgehead atoms. The number of carbonyl (C=O) groups is 3. The average molecular weight is 500 g/mol. The SMILES string of the molecule is COC(=O)C1(NC(=O)c2cc3ccccc3cc2N)CCCC1.Nc1cc2ccccc2cc1C(=O)O. The summed E-state index contributed by atoms with van der Waals surface area (Å²) in [6, 6.07) is 22.0. The lowest BCUT2D eigenvalue weighted by molar-refractivity contribution is -0.148. The number of nitrogens with two attached hydrogens (primary N) is 2. The number of nitrogen functional groups attached to an aromatic ring is 2. The second-order valence-corrected chi connectivity index (χ2v) is 9.11. The second kappa shape index (κ2) is 10.6. The van der Waals surface area contributed by atoms with Crippen LogP contribution in [0.1, 0.15) is 46.4 Å². The van der Waals surface area contributed by atoms with Crippen LogP contribution in [0.4, 0.5) is 11.4 Å². The molecule has 1 aliphatic rings. The first-order chi connectivity index (χ1) is 17.7. The smallest absolute Gasteiger partial charge is 0.337 e. The fourth-order valence-corrected chi connectivity index (χ4v) is 4.74. The molecule has 1 aliphatic carbocycles. The second-order valence-electron chi connectivity index (χ2n) is 9.11. The molecule has 0 heterocycles. The number of carboxylic acids is 1. The van der Waals surface area contributed by atoms with Gasteiger partial charge in [-0.05, 0) is 58.7 Å². The van der Waals surface area contributed by atoms with E-state index in [0.717, 1.165) is 34.4 Å². The topological polar surface area (TPSA) is 145 Å². The maximum atomic E-state index is 12.7. The molecule has 5 rings (SSSR count). The molecule has 0 atom stereocenters. The molecule has 0 unspecified atom stereocenters. The zero-order valence-electron chi connectivity index (χ0n) is 20.5. The fourth-order valence-electron chi connectivity index (χ4n) is 4.74. The molecule has 4 aromatic carbocycles. The van der Waals surface area contributed by atoms with Crippen LogP contribution in [-0.2, 0) is 9.53 Å². The Kier molecular flexibility index (Phi) is 7.29. The van der Waals surface area contributed by atoms with Gasteiger partial charge in [0.15, 0.2) is 0 Å². The van der Waals surface area contributed by atoms with Gasteiger partial charge in [-0.3, -0.25) is 4.79 Å². The number of ether oxygens (including phenoxy) is 1. The van der Waals surface area contributed by atoms with E-state index in [1.165, 1.54) is 7.11 Å². The highest BCUT2D eigenvalue weighted by atomic mass is 16.5. The van der Waals surface area contributed by atoms with Gasteiger partial charge in [-0.25, -0.2) is 9.59 Å². The van der Waals surface area contributed by atoms with E-state index in [2.05, 4.69) is 5.32 Å². The maximum absolute atomic E-state index is 12.7. The third kappa shape index (κ3) is 5.33. The summed E-state index contributed by atoms with van der Waals surface area (Å²) in [5, 5.41) is 15.5. The largest absolute Gasteiger partial charge is 0.478 e. The number of amides is 1. The van der Waals surface area contributed by atoms with Gasteiger partial charge in [0, 0.05) is 11.4 Å². The molecule has 8 nitrogen and oxygen atoms in total. The maximum Gasteiger partial charge on any atom is 0.337 e. The van der Waals surface area contributed by atoms with E-state index in [1.54, 1.807) is 24.3 Å². The lowest BCUT2D eigenvalue weighted by Gasteiger charge is -2.27. The highest BCUT2D eigenvalue weighted by Gasteiger charge is 2.43. The lowest BCUT2D eigenvalue weighted by Crippen LogP contribution is -2.53. The third-order valence-corrected chi connectivity index (χ3v) is 6.70. The van der Waals surface area contributed by atoms with Crippen LogP contribution in [-0.4, -0.2) is 35.6 Å². The van der Waals surface area contributed by atoms with Crippen LogP contribution >= 0.6 is 0 Å². The quantitative estimate of drug-likeness (QED) is 0.234. The number of carboxylic acid groups (broad SMARTS) is 1. The van der Waals surface area contributed by atoms with Crippen LogP contribution in [0.3, 0.4) is 0 Å². The molecule has 1 saturated carbocycles. The van der Waals surface area contributed by atoms with Gasteiger partial charge in [0.2, 0.25) is 0 Å². The monoisotopic (exact) mass is 499 g/mol. The normalized spacial score (nSPS) is 14.0. The molecule has 1 fully saturated rings. The summed E-state index contributed by atoms with van der Waals surface area (Å²) >= 11 is 0. The van der Waals surface area contributed by atoms with Gasteiger partial charge in [0.05, 0.1) is 18.2 Å². The lowest BCUT2D eigenvalue weighted by atomic mass is 9.96. The minimum absolute atomic E-state index is 0.156. The number of esters is 1. The molecule has 0 aliphatic heterocycles. The summed E-state index contributed by atoms with van der Waals surface area (Å²) in [6.07, 6.45) is 2.98. The summed E-state index contributed by atoms with van der Waals surface area (Å²) < 4.78 is 4.89. The predicted molar refractivity (Wildman–Crippen MR) is 144 cm³/mol. The number of anilines is 2. The minimum Gasteiger partial charge on any atom is -0.478 e. The first kappa shape index (κ1) is 25.5. The Morgan fingerprint density at radius 1 is 0.784 bits per heavy atom. The van der Waals surface area contributed by atoms with Crippen LogP contribution < -0.4 is 16.8 Å². The van der Waals surface area contributed by atoms with Gasteiger partial charge in [-0.2, -0.15) is 0 Å². The molecular formula is C29H29N3O5. The Morgan fingerprint density at radius 2 is 1.22 bits per heavy atom. The zero-order valence-corrected chi connectivity index (χ0v) is 20.5. The van der Waals surface area contributed by atoms with Gasteiger partial charge in [0.1, 0.15) is 5.54 Å². The van der Waals surface area contributed by atoms with Crippen molar-refractivity contribution in [2.75, 3.05) is 18.6 Å². The Bertz CT molecular complexity index is 1490. The third-order valence-electron chi connectivity index (χ3n) is 6.70. The van der Waals surface area contributed by atoms with E-state index < -0.39 is 11.5 Å². The molecule has 4 aromatic rings. The van der Waals surface area contributed by atoms with E-state index in [1.807, 2.05) is 48.5 Å². The standard InChI is InChI=1S/C18H20N2O3.C11H9NO2/c1-23-17(22)18(8-4-5-9-18)20-16(21)14-10-12-6-2-3-7-13(12)11-15(14)19;12-10-6-8-4-2-1-3-7(8)5-9(10)11(13)14/h2-3,6-7,10-11H,4-5,8-9,19H2,1H3,(H,20,21);1-6H,12H2,(H,13,14). The Balaban J connectivity index is 0.000000195. The van der Waals surface area contributed by atoms with Gasteiger partial charge in [0.25, 0.3) is 5.91 Å². The number of hydrogen-bond donors (Lipinski definition) is 4. The van der Waals surface area contributed by atoms with Crippen molar-refractivity contribution in [3.05, 3.63) is 83.9 Å². The molecule has 0 aromatic heterocycles. The van der Waals surface area contributed by atoms with E-state index in [0.29, 0.717) is 29.8 Å². The molecule has 6 N–H and O–H groups in total. The highest BCUT2D eigenvalue weighted by Crippen LogP contribution is 2.32. The Labute approximate surface area is 214 Å². The van der Waals surface area contributed by atoms with Crippen LogP contribution in [0.15, 0.2) is 72.8 Å². The molecule has 1 amide bonds. The molecule has 0 spiro atoms. The first-order valence-electron chi connectivity index (χ1n) is 11.9. The predicted octanol–water partition coefficient (Wildman–Crippen LogP) is 4.76. The fraction of sp³-hybridized carbons (Fsp3) is 0.207. The molecule has 190 valence electrons. The van der Waals surface area contributed by atoms with E-state index in [9.17, 15) is 14.4 Å². The van der Waals surface area contributed by atoms with Crippen molar-refractivity contribution >= 4 is 50.8 Å². The van der Waals surface area contributed by atoms with E-state index in [-0.39, 0.29) is 17.4 Å². The number of fused-ring (bicyclic) bond motifs is 2. The van der Waals surface area contributed by atoms with Crippen molar-refractivity contribution in [1.29, 1.82) is 0 Å². The number of nitrogens with one attached hydrogen (secondary N) is 1. The van der Waals surface area contributed by atoms with Gasteiger partial charge in [-0.1, -0.05) is 61.4 Å². The van der Waals surface area contributed by atoms with Crippen molar-refractivity contribution in [2.45, 2.75) is 31.2 Å². The number of hydrogen-bond acceptors (Lipinski definition) is 6. The number of carbonyl (C=O) groups excluding carboxylic acids is 2. The zero-order chi connectivity index (χ0) is 26.6.